The Bertz CT molecular complexity index is 994. The maximum absolute atomic E-state index is 12.5. The second-order valence-corrected chi connectivity index (χ2v) is 5.88. The van der Waals surface area contributed by atoms with Crippen LogP contribution in [0.5, 0.6) is 11.5 Å². The summed E-state index contributed by atoms with van der Waals surface area (Å²) < 4.78 is 12.5. The number of carbonyl (C=O) groups is 2. The first-order chi connectivity index (χ1) is 13.0. The maximum Gasteiger partial charge on any atom is 0.271 e. The van der Waals surface area contributed by atoms with Gasteiger partial charge in [-0.3, -0.25) is 20.4 Å². The SMILES string of the molecule is CCOc1ccc(C(=O)NNC(=O)c2cn(C)c3ccccc23)cc1OC. The molecule has 1 aromatic heterocycles. The van der Waals surface area contributed by atoms with Crippen LogP contribution < -0.4 is 20.3 Å². The topological polar surface area (TPSA) is 81.6 Å². The lowest BCUT2D eigenvalue weighted by atomic mass is 10.1. The average Bonchev–Trinajstić information content (AvgIpc) is 3.03. The van der Waals surface area contributed by atoms with Crippen LogP contribution in [0.1, 0.15) is 27.6 Å². The van der Waals surface area contributed by atoms with Gasteiger partial charge in [0.05, 0.1) is 19.3 Å². The number of hydrogen-bond donors (Lipinski definition) is 2. The number of carbonyl (C=O) groups excluding carboxylic acids is 2. The average molecular weight is 367 g/mol. The van der Waals surface area contributed by atoms with Gasteiger partial charge in [0.25, 0.3) is 11.8 Å². The van der Waals surface area contributed by atoms with E-state index in [4.69, 9.17) is 9.47 Å². The number of aromatic nitrogens is 1. The molecule has 0 unspecified atom stereocenters. The zero-order valence-corrected chi connectivity index (χ0v) is 15.4. The number of hydrogen-bond acceptors (Lipinski definition) is 4. The first-order valence-corrected chi connectivity index (χ1v) is 8.50. The summed E-state index contributed by atoms with van der Waals surface area (Å²) in [4.78, 5) is 24.8. The lowest BCUT2D eigenvalue weighted by Gasteiger charge is -2.11. The zero-order valence-electron chi connectivity index (χ0n) is 15.4. The summed E-state index contributed by atoms with van der Waals surface area (Å²) in [5.74, 6) is 0.157. The number of para-hydroxylation sites is 1. The standard InChI is InChI=1S/C20H21N3O4/c1-4-27-17-10-9-13(11-18(17)26-3)19(24)21-22-20(25)15-12-23(2)16-8-6-5-7-14(15)16/h5-12H,4H2,1-3H3,(H,21,24)(H,22,25). The van der Waals surface area contributed by atoms with Crippen LogP contribution in [0.4, 0.5) is 0 Å². The molecule has 0 bridgehead atoms. The molecule has 27 heavy (non-hydrogen) atoms. The Morgan fingerprint density at radius 1 is 1.04 bits per heavy atom. The van der Waals surface area contributed by atoms with Crippen molar-refractivity contribution in [1.29, 1.82) is 0 Å². The van der Waals surface area contributed by atoms with Crippen molar-refractivity contribution >= 4 is 22.7 Å². The maximum atomic E-state index is 12.5. The Kier molecular flexibility index (Phi) is 5.30. The molecule has 0 spiro atoms. The molecule has 7 heteroatoms. The largest absolute Gasteiger partial charge is 0.493 e. The monoisotopic (exact) mass is 367 g/mol. The van der Waals surface area contributed by atoms with Gasteiger partial charge in [-0.1, -0.05) is 18.2 Å². The number of aryl methyl sites for hydroxylation is 1. The van der Waals surface area contributed by atoms with E-state index in [0.717, 1.165) is 10.9 Å². The number of nitrogens with one attached hydrogen (secondary N) is 2. The third kappa shape index (κ3) is 3.72. The number of nitrogens with zero attached hydrogens (tertiary/aromatic N) is 1. The highest BCUT2D eigenvalue weighted by molar-refractivity contribution is 6.08. The lowest BCUT2D eigenvalue weighted by molar-refractivity contribution is 0.0847. The molecule has 0 atom stereocenters. The summed E-state index contributed by atoms with van der Waals surface area (Å²) in [5, 5.41) is 0.814. The van der Waals surface area contributed by atoms with Gasteiger partial charge in [-0.15, -0.1) is 0 Å². The van der Waals surface area contributed by atoms with Crippen LogP contribution in [0, 0.1) is 0 Å². The van der Waals surface area contributed by atoms with Crippen molar-refractivity contribution in [3.05, 3.63) is 59.8 Å². The van der Waals surface area contributed by atoms with E-state index in [1.807, 2.05) is 42.8 Å². The molecular formula is C20H21N3O4. The minimum atomic E-state index is -0.454. The quantitative estimate of drug-likeness (QED) is 0.680. The third-order valence-corrected chi connectivity index (χ3v) is 4.16. The number of methoxy groups -OCH3 is 1. The molecule has 140 valence electrons. The van der Waals surface area contributed by atoms with Gasteiger partial charge in [-0.2, -0.15) is 0 Å². The van der Waals surface area contributed by atoms with Crippen LogP contribution in [0.15, 0.2) is 48.7 Å². The van der Waals surface area contributed by atoms with Gasteiger partial charge in [0, 0.05) is 29.7 Å². The van der Waals surface area contributed by atoms with Crippen LogP contribution in [0.2, 0.25) is 0 Å². The molecule has 3 rings (SSSR count). The summed E-state index contributed by atoms with van der Waals surface area (Å²) in [6, 6.07) is 12.4. The minimum Gasteiger partial charge on any atom is -0.493 e. The number of ether oxygens (including phenoxy) is 2. The van der Waals surface area contributed by atoms with Crippen molar-refractivity contribution in [2.45, 2.75) is 6.92 Å². The van der Waals surface area contributed by atoms with E-state index in [1.54, 1.807) is 24.4 Å². The van der Waals surface area contributed by atoms with Gasteiger partial charge in [-0.25, -0.2) is 0 Å². The van der Waals surface area contributed by atoms with Gasteiger partial charge in [0.2, 0.25) is 0 Å². The van der Waals surface area contributed by atoms with E-state index in [1.165, 1.54) is 7.11 Å². The number of hydrazine groups is 1. The molecule has 3 aromatic rings. The molecule has 1 heterocycles. The number of rotatable bonds is 5. The van der Waals surface area contributed by atoms with E-state index < -0.39 is 11.8 Å². The molecule has 0 fully saturated rings. The first-order valence-electron chi connectivity index (χ1n) is 8.50. The molecule has 0 aliphatic rings. The van der Waals surface area contributed by atoms with Crippen molar-refractivity contribution in [3.8, 4) is 11.5 Å². The van der Waals surface area contributed by atoms with Crippen molar-refractivity contribution in [2.75, 3.05) is 13.7 Å². The fraction of sp³-hybridized carbons (Fsp3) is 0.200. The van der Waals surface area contributed by atoms with E-state index >= 15 is 0 Å². The second-order valence-electron chi connectivity index (χ2n) is 5.88. The fourth-order valence-electron chi connectivity index (χ4n) is 2.86. The summed E-state index contributed by atoms with van der Waals surface area (Å²) in [7, 11) is 3.37. The third-order valence-electron chi connectivity index (χ3n) is 4.16. The predicted octanol–water partition coefficient (Wildman–Crippen LogP) is 2.66. The summed E-state index contributed by atoms with van der Waals surface area (Å²) in [6.45, 7) is 2.35. The number of fused-ring (bicyclic) bond motifs is 1. The minimum absolute atomic E-state index is 0.341. The highest BCUT2D eigenvalue weighted by atomic mass is 16.5. The van der Waals surface area contributed by atoms with Crippen molar-refractivity contribution in [1.82, 2.24) is 15.4 Å². The first kappa shape index (κ1) is 18.3. The van der Waals surface area contributed by atoms with Gasteiger partial charge in [0.15, 0.2) is 11.5 Å². The van der Waals surface area contributed by atoms with Gasteiger partial charge in [-0.05, 0) is 31.2 Å². The molecule has 2 amide bonds. The molecule has 0 saturated carbocycles. The molecule has 0 radical (unpaired) electrons. The Hall–Kier alpha value is -3.48. The number of amides is 2. The van der Waals surface area contributed by atoms with Crippen LogP contribution in [0.3, 0.4) is 0 Å². The summed E-state index contributed by atoms with van der Waals surface area (Å²) in [5.41, 5.74) is 6.65. The predicted molar refractivity (Wildman–Crippen MR) is 102 cm³/mol. The highest BCUT2D eigenvalue weighted by Gasteiger charge is 2.16. The molecule has 2 aromatic carbocycles. The van der Waals surface area contributed by atoms with E-state index in [9.17, 15) is 9.59 Å². The van der Waals surface area contributed by atoms with E-state index in [0.29, 0.717) is 29.2 Å². The van der Waals surface area contributed by atoms with E-state index in [2.05, 4.69) is 10.9 Å². The van der Waals surface area contributed by atoms with Gasteiger partial charge < -0.3 is 14.0 Å². The van der Waals surface area contributed by atoms with Gasteiger partial charge in [0.1, 0.15) is 0 Å². The molecule has 0 aliphatic carbocycles. The Morgan fingerprint density at radius 3 is 2.52 bits per heavy atom. The zero-order chi connectivity index (χ0) is 19.4. The normalized spacial score (nSPS) is 10.5. The molecule has 0 aliphatic heterocycles. The van der Waals surface area contributed by atoms with Crippen molar-refractivity contribution < 1.29 is 19.1 Å². The Labute approximate surface area is 156 Å². The fourth-order valence-corrected chi connectivity index (χ4v) is 2.86. The van der Waals surface area contributed by atoms with Crippen LogP contribution in [-0.2, 0) is 7.05 Å². The van der Waals surface area contributed by atoms with Crippen LogP contribution >= 0.6 is 0 Å². The Balaban J connectivity index is 1.72. The van der Waals surface area contributed by atoms with Crippen LogP contribution in [-0.4, -0.2) is 30.1 Å². The molecule has 7 nitrogen and oxygen atoms in total. The Morgan fingerprint density at radius 2 is 1.78 bits per heavy atom. The van der Waals surface area contributed by atoms with E-state index in [-0.39, 0.29) is 0 Å². The lowest BCUT2D eigenvalue weighted by Crippen LogP contribution is -2.41. The molecule has 2 N–H and O–H groups in total. The number of benzene rings is 2. The smallest absolute Gasteiger partial charge is 0.271 e. The van der Waals surface area contributed by atoms with Gasteiger partial charge >= 0.3 is 0 Å². The molecule has 0 saturated heterocycles. The van der Waals surface area contributed by atoms with Crippen molar-refractivity contribution in [3.63, 3.8) is 0 Å². The second kappa shape index (κ2) is 7.82. The van der Waals surface area contributed by atoms with Crippen LogP contribution in [0.25, 0.3) is 10.9 Å². The highest BCUT2D eigenvalue weighted by Crippen LogP contribution is 2.28. The summed E-state index contributed by atoms with van der Waals surface area (Å²) in [6.07, 6.45) is 1.73. The summed E-state index contributed by atoms with van der Waals surface area (Å²) >= 11 is 0. The molecular weight excluding hydrogens is 346 g/mol. The van der Waals surface area contributed by atoms with Crippen molar-refractivity contribution in [2.24, 2.45) is 7.05 Å².